The monoisotopic (exact) mass is 242 g/mol. The van der Waals surface area contributed by atoms with Crippen LogP contribution in [0.3, 0.4) is 0 Å². The Labute approximate surface area is 97.3 Å². The first kappa shape index (κ1) is 13.2. The highest BCUT2D eigenvalue weighted by Crippen LogP contribution is 2.24. The summed E-state index contributed by atoms with van der Waals surface area (Å²) in [5.41, 5.74) is 0.124. The molecule has 0 unspecified atom stereocenters. The zero-order valence-corrected chi connectivity index (χ0v) is 9.41. The Morgan fingerprint density at radius 1 is 1.35 bits per heavy atom. The molecule has 0 radical (unpaired) electrons. The molecule has 5 heteroatoms. The predicted molar refractivity (Wildman–Crippen MR) is 58.8 cm³/mol. The van der Waals surface area contributed by atoms with Crippen molar-refractivity contribution >= 4 is 12.0 Å². The Morgan fingerprint density at radius 3 is 2.29 bits per heavy atom. The fourth-order valence-electron chi connectivity index (χ4n) is 1.19. The SMILES string of the molecule is CC(C)Oc1c(F)cc(C=CC(=O)O)cc1F. The van der Waals surface area contributed by atoms with Gasteiger partial charge in [-0.2, -0.15) is 0 Å². The maximum atomic E-state index is 13.4. The molecule has 1 aromatic rings. The zero-order valence-electron chi connectivity index (χ0n) is 9.41. The topological polar surface area (TPSA) is 46.5 Å². The van der Waals surface area contributed by atoms with Crippen molar-refractivity contribution in [1.29, 1.82) is 0 Å². The minimum Gasteiger partial charge on any atom is -0.485 e. The number of halogens is 2. The van der Waals surface area contributed by atoms with E-state index < -0.39 is 23.4 Å². The molecule has 0 saturated carbocycles. The summed E-state index contributed by atoms with van der Waals surface area (Å²) >= 11 is 0. The van der Waals surface area contributed by atoms with Crippen LogP contribution in [0.15, 0.2) is 18.2 Å². The zero-order chi connectivity index (χ0) is 13.0. The maximum absolute atomic E-state index is 13.4. The largest absolute Gasteiger partial charge is 0.485 e. The van der Waals surface area contributed by atoms with Crippen molar-refractivity contribution in [3.05, 3.63) is 35.4 Å². The fourth-order valence-corrected chi connectivity index (χ4v) is 1.19. The van der Waals surface area contributed by atoms with Crippen molar-refractivity contribution in [2.75, 3.05) is 0 Å². The van der Waals surface area contributed by atoms with Crippen molar-refractivity contribution in [1.82, 2.24) is 0 Å². The van der Waals surface area contributed by atoms with Crippen LogP contribution in [-0.2, 0) is 4.79 Å². The van der Waals surface area contributed by atoms with Crippen LogP contribution in [0, 0.1) is 11.6 Å². The van der Waals surface area contributed by atoms with E-state index in [4.69, 9.17) is 9.84 Å². The molecule has 0 aliphatic heterocycles. The van der Waals surface area contributed by atoms with Gasteiger partial charge in [-0.15, -0.1) is 0 Å². The third-order valence-corrected chi connectivity index (χ3v) is 1.79. The summed E-state index contributed by atoms with van der Waals surface area (Å²) in [5.74, 6) is -3.35. The molecule has 0 bridgehead atoms. The Bertz CT molecular complexity index is 430. The summed E-state index contributed by atoms with van der Waals surface area (Å²) < 4.78 is 31.9. The first-order chi connectivity index (χ1) is 7.90. The summed E-state index contributed by atoms with van der Waals surface area (Å²) in [7, 11) is 0. The normalized spacial score (nSPS) is 11.1. The molecule has 0 heterocycles. The average molecular weight is 242 g/mol. The number of carbonyl (C=O) groups is 1. The number of ether oxygens (including phenoxy) is 1. The second-order valence-electron chi connectivity index (χ2n) is 3.65. The van der Waals surface area contributed by atoms with Gasteiger partial charge in [0.2, 0.25) is 0 Å². The van der Waals surface area contributed by atoms with Gasteiger partial charge in [-0.05, 0) is 37.6 Å². The Kier molecular flexibility index (Phi) is 4.20. The van der Waals surface area contributed by atoms with Crippen LogP contribution in [0.4, 0.5) is 8.78 Å². The number of carboxylic acids is 1. The molecule has 0 aromatic heterocycles. The highest BCUT2D eigenvalue weighted by Gasteiger charge is 2.13. The molecule has 92 valence electrons. The number of rotatable bonds is 4. The van der Waals surface area contributed by atoms with E-state index in [-0.39, 0.29) is 11.7 Å². The second kappa shape index (κ2) is 5.43. The highest BCUT2D eigenvalue weighted by atomic mass is 19.1. The summed E-state index contributed by atoms with van der Waals surface area (Å²) in [6.45, 7) is 3.30. The lowest BCUT2D eigenvalue weighted by Crippen LogP contribution is -2.08. The molecule has 17 heavy (non-hydrogen) atoms. The maximum Gasteiger partial charge on any atom is 0.328 e. The summed E-state index contributed by atoms with van der Waals surface area (Å²) in [6, 6.07) is 2.03. The number of benzene rings is 1. The summed E-state index contributed by atoms with van der Waals surface area (Å²) in [4.78, 5) is 10.3. The molecular weight excluding hydrogens is 230 g/mol. The number of hydrogen-bond acceptors (Lipinski definition) is 2. The van der Waals surface area contributed by atoms with E-state index in [0.717, 1.165) is 24.3 Å². The Morgan fingerprint density at radius 2 is 1.88 bits per heavy atom. The van der Waals surface area contributed by atoms with E-state index in [0.29, 0.717) is 0 Å². The van der Waals surface area contributed by atoms with E-state index in [1.807, 2.05) is 0 Å². The molecule has 0 atom stereocenters. The van der Waals surface area contributed by atoms with Gasteiger partial charge in [0, 0.05) is 6.08 Å². The lowest BCUT2D eigenvalue weighted by Gasteiger charge is -2.11. The van der Waals surface area contributed by atoms with Crippen LogP contribution in [0.2, 0.25) is 0 Å². The van der Waals surface area contributed by atoms with Gasteiger partial charge in [0.1, 0.15) is 0 Å². The Balaban J connectivity index is 3.05. The van der Waals surface area contributed by atoms with Crippen LogP contribution in [0.5, 0.6) is 5.75 Å². The third-order valence-electron chi connectivity index (χ3n) is 1.79. The van der Waals surface area contributed by atoms with Crippen molar-refractivity contribution in [3.8, 4) is 5.75 Å². The molecule has 0 spiro atoms. The van der Waals surface area contributed by atoms with Gasteiger partial charge in [-0.25, -0.2) is 13.6 Å². The molecule has 0 amide bonds. The molecule has 0 saturated heterocycles. The van der Waals surface area contributed by atoms with E-state index in [9.17, 15) is 13.6 Å². The van der Waals surface area contributed by atoms with Gasteiger partial charge in [-0.3, -0.25) is 0 Å². The number of hydrogen-bond donors (Lipinski definition) is 1. The first-order valence-corrected chi connectivity index (χ1v) is 4.97. The van der Waals surface area contributed by atoms with Crippen LogP contribution >= 0.6 is 0 Å². The minimum atomic E-state index is -1.19. The van der Waals surface area contributed by atoms with Crippen molar-refractivity contribution in [2.45, 2.75) is 20.0 Å². The van der Waals surface area contributed by atoms with Gasteiger partial charge < -0.3 is 9.84 Å². The minimum absolute atomic E-state index is 0.124. The highest BCUT2D eigenvalue weighted by molar-refractivity contribution is 5.85. The van der Waals surface area contributed by atoms with Crippen LogP contribution in [0.25, 0.3) is 6.08 Å². The van der Waals surface area contributed by atoms with E-state index in [2.05, 4.69) is 0 Å². The Hall–Kier alpha value is -1.91. The molecular formula is C12H12F2O3. The molecule has 0 aliphatic rings. The number of aliphatic carboxylic acids is 1. The van der Waals surface area contributed by atoms with Gasteiger partial charge in [0.15, 0.2) is 17.4 Å². The summed E-state index contributed by atoms with van der Waals surface area (Å²) in [6.07, 6.45) is 1.56. The standard InChI is InChI=1S/C12H12F2O3/c1-7(2)17-12-9(13)5-8(6-10(12)14)3-4-11(15)16/h3-7H,1-2H3,(H,15,16). The fraction of sp³-hybridized carbons (Fsp3) is 0.250. The quantitative estimate of drug-likeness (QED) is 0.826. The predicted octanol–water partition coefficient (Wildman–Crippen LogP) is 2.85. The lowest BCUT2D eigenvalue weighted by molar-refractivity contribution is -0.131. The average Bonchev–Trinajstić information content (AvgIpc) is 2.20. The van der Waals surface area contributed by atoms with Crippen molar-refractivity contribution in [3.63, 3.8) is 0 Å². The van der Waals surface area contributed by atoms with E-state index >= 15 is 0 Å². The molecule has 0 aliphatic carbocycles. The van der Waals surface area contributed by atoms with Crippen LogP contribution < -0.4 is 4.74 Å². The molecule has 0 fully saturated rings. The van der Waals surface area contributed by atoms with Gasteiger partial charge in [-0.1, -0.05) is 0 Å². The van der Waals surface area contributed by atoms with E-state index in [1.165, 1.54) is 0 Å². The molecule has 1 rings (SSSR count). The molecule has 1 N–H and O–H groups in total. The van der Waals surface area contributed by atoms with Gasteiger partial charge in [0.05, 0.1) is 6.10 Å². The molecule has 1 aromatic carbocycles. The smallest absolute Gasteiger partial charge is 0.328 e. The molecule has 3 nitrogen and oxygen atoms in total. The van der Waals surface area contributed by atoms with Crippen molar-refractivity contribution in [2.24, 2.45) is 0 Å². The van der Waals surface area contributed by atoms with E-state index in [1.54, 1.807) is 13.8 Å². The van der Waals surface area contributed by atoms with Crippen molar-refractivity contribution < 1.29 is 23.4 Å². The second-order valence-corrected chi connectivity index (χ2v) is 3.65. The van der Waals surface area contributed by atoms with Crippen LogP contribution in [-0.4, -0.2) is 17.2 Å². The van der Waals surface area contributed by atoms with Gasteiger partial charge in [0.25, 0.3) is 0 Å². The van der Waals surface area contributed by atoms with Crippen LogP contribution in [0.1, 0.15) is 19.4 Å². The summed E-state index contributed by atoms with van der Waals surface area (Å²) in [5, 5.41) is 8.39. The first-order valence-electron chi connectivity index (χ1n) is 4.97. The third kappa shape index (κ3) is 3.86. The van der Waals surface area contributed by atoms with Gasteiger partial charge >= 0.3 is 5.97 Å². The number of carboxylic acid groups (broad SMARTS) is 1. The lowest BCUT2D eigenvalue weighted by atomic mass is 10.2.